The normalized spacial score (nSPS) is 13.3. The van der Waals surface area contributed by atoms with Gasteiger partial charge in [0.05, 0.1) is 6.20 Å². The molecule has 3 nitrogen and oxygen atoms in total. The Morgan fingerprint density at radius 1 is 1.46 bits per heavy atom. The molecule has 1 heterocycles. The number of aryl methyl sites for hydroxylation is 1. The Labute approximate surface area is 80.1 Å². The zero-order valence-corrected chi connectivity index (χ0v) is 8.91. The average Bonchev–Trinajstić information content (AvgIpc) is 2.34. The molecule has 0 bridgehead atoms. The van der Waals surface area contributed by atoms with E-state index in [-0.39, 0.29) is 0 Å². The van der Waals surface area contributed by atoms with E-state index >= 15 is 0 Å². The van der Waals surface area contributed by atoms with Crippen LogP contribution >= 0.6 is 0 Å². The van der Waals surface area contributed by atoms with Gasteiger partial charge >= 0.3 is 0 Å². The molecule has 1 aromatic rings. The van der Waals surface area contributed by atoms with Crippen LogP contribution in [0.25, 0.3) is 0 Å². The Hall–Kier alpha value is -0.990. The second-order valence-corrected chi connectivity index (χ2v) is 4.01. The molecular formula is C10H19N3. The van der Waals surface area contributed by atoms with Gasteiger partial charge in [0.1, 0.15) is 5.82 Å². The van der Waals surface area contributed by atoms with Crippen LogP contribution in [0.3, 0.4) is 0 Å². The first-order valence-electron chi connectivity index (χ1n) is 4.84. The van der Waals surface area contributed by atoms with E-state index < -0.39 is 0 Å². The molecule has 1 atom stereocenters. The largest absolute Gasteiger partial charge is 0.368 e. The second-order valence-electron chi connectivity index (χ2n) is 4.01. The van der Waals surface area contributed by atoms with Gasteiger partial charge in [-0.15, -0.1) is 0 Å². The molecule has 1 aromatic heterocycles. The predicted molar refractivity (Wildman–Crippen MR) is 55.7 cm³/mol. The summed E-state index contributed by atoms with van der Waals surface area (Å²) < 4.78 is 1.86. The number of hydrogen-bond donors (Lipinski definition) is 1. The fourth-order valence-electron chi connectivity index (χ4n) is 1.53. The zero-order valence-electron chi connectivity index (χ0n) is 8.91. The van der Waals surface area contributed by atoms with Crippen LogP contribution in [0.4, 0.5) is 5.82 Å². The Kier molecular flexibility index (Phi) is 3.34. The Morgan fingerprint density at radius 3 is 2.62 bits per heavy atom. The third-order valence-corrected chi connectivity index (χ3v) is 2.04. The van der Waals surface area contributed by atoms with E-state index in [2.05, 4.69) is 31.2 Å². The van der Waals surface area contributed by atoms with E-state index in [0.29, 0.717) is 6.04 Å². The van der Waals surface area contributed by atoms with Crippen molar-refractivity contribution in [1.29, 1.82) is 0 Å². The molecular weight excluding hydrogens is 162 g/mol. The molecule has 0 saturated heterocycles. The van der Waals surface area contributed by atoms with Gasteiger partial charge in [-0.1, -0.05) is 13.8 Å². The lowest BCUT2D eigenvalue weighted by atomic mass is 10.1. The van der Waals surface area contributed by atoms with Crippen LogP contribution in [0.2, 0.25) is 0 Å². The van der Waals surface area contributed by atoms with Crippen molar-refractivity contribution in [1.82, 2.24) is 9.78 Å². The molecule has 1 unspecified atom stereocenters. The molecule has 0 aliphatic heterocycles. The molecule has 0 amide bonds. The first-order valence-corrected chi connectivity index (χ1v) is 4.84. The molecule has 3 heteroatoms. The molecule has 1 rings (SSSR count). The fraction of sp³-hybridized carbons (Fsp3) is 0.700. The summed E-state index contributed by atoms with van der Waals surface area (Å²) in [6.45, 7) is 6.68. The van der Waals surface area contributed by atoms with Crippen LogP contribution in [0.15, 0.2) is 12.3 Å². The Morgan fingerprint density at radius 2 is 2.15 bits per heavy atom. The number of anilines is 1. The standard InChI is InChI=1S/C10H19N3/c1-8(2)7-9(3)12-10-5-6-11-13(10)4/h5-6,8-9,12H,7H2,1-4H3. The maximum absolute atomic E-state index is 4.10. The summed E-state index contributed by atoms with van der Waals surface area (Å²) in [6.07, 6.45) is 3.00. The summed E-state index contributed by atoms with van der Waals surface area (Å²) in [5.41, 5.74) is 0. The molecule has 0 spiro atoms. The summed E-state index contributed by atoms with van der Waals surface area (Å²) in [5.74, 6) is 1.82. The van der Waals surface area contributed by atoms with Crippen molar-refractivity contribution in [3.05, 3.63) is 12.3 Å². The molecule has 74 valence electrons. The van der Waals surface area contributed by atoms with Crippen LogP contribution in [0.5, 0.6) is 0 Å². The minimum atomic E-state index is 0.510. The minimum Gasteiger partial charge on any atom is -0.368 e. The lowest BCUT2D eigenvalue weighted by Crippen LogP contribution is -2.19. The van der Waals surface area contributed by atoms with Gasteiger partial charge in [-0.05, 0) is 19.3 Å². The Balaban J connectivity index is 2.45. The van der Waals surface area contributed by atoms with E-state index in [1.165, 1.54) is 6.42 Å². The molecule has 0 aliphatic carbocycles. The lowest BCUT2D eigenvalue weighted by Gasteiger charge is -2.16. The summed E-state index contributed by atoms with van der Waals surface area (Å²) in [5, 5.41) is 7.52. The molecule has 1 N–H and O–H groups in total. The van der Waals surface area contributed by atoms with E-state index in [9.17, 15) is 0 Å². The smallest absolute Gasteiger partial charge is 0.124 e. The van der Waals surface area contributed by atoms with Crippen molar-refractivity contribution in [3.8, 4) is 0 Å². The Bertz CT molecular complexity index is 252. The van der Waals surface area contributed by atoms with Crippen molar-refractivity contribution in [2.45, 2.75) is 33.2 Å². The van der Waals surface area contributed by atoms with Gasteiger partial charge in [0.2, 0.25) is 0 Å². The third kappa shape index (κ3) is 3.09. The maximum Gasteiger partial charge on any atom is 0.124 e. The van der Waals surface area contributed by atoms with E-state index in [1.54, 1.807) is 0 Å². The average molecular weight is 181 g/mol. The molecule has 0 radical (unpaired) electrons. The van der Waals surface area contributed by atoms with Crippen molar-refractivity contribution in [2.75, 3.05) is 5.32 Å². The number of rotatable bonds is 4. The summed E-state index contributed by atoms with van der Waals surface area (Å²) >= 11 is 0. The molecule has 13 heavy (non-hydrogen) atoms. The van der Waals surface area contributed by atoms with Crippen molar-refractivity contribution in [3.63, 3.8) is 0 Å². The monoisotopic (exact) mass is 181 g/mol. The van der Waals surface area contributed by atoms with Crippen molar-refractivity contribution in [2.24, 2.45) is 13.0 Å². The summed E-state index contributed by atoms with van der Waals surface area (Å²) in [4.78, 5) is 0. The van der Waals surface area contributed by atoms with E-state index in [0.717, 1.165) is 11.7 Å². The van der Waals surface area contributed by atoms with Crippen LogP contribution in [-0.4, -0.2) is 15.8 Å². The van der Waals surface area contributed by atoms with Gasteiger partial charge in [-0.25, -0.2) is 0 Å². The van der Waals surface area contributed by atoms with Gasteiger partial charge in [-0.2, -0.15) is 5.10 Å². The topological polar surface area (TPSA) is 29.9 Å². The van der Waals surface area contributed by atoms with E-state index in [4.69, 9.17) is 0 Å². The predicted octanol–water partition coefficient (Wildman–Crippen LogP) is 2.27. The van der Waals surface area contributed by atoms with Crippen LogP contribution < -0.4 is 5.32 Å². The van der Waals surface area contributed by atoms with Crippen molar-refractivity contribution < 1.29 is 0 Å². The lowest BCUT2D eigenvalue weighted by molar-refractivity contribution is 0.536. The SMILES string of the molecule is CC(C)CC(C)Nc1ccnn1C. The molecule has 0 aromatic carbocycles. The highest BCUT2D eigenvalue weighted by molar-refractivity contribution is 5.34. The third-order valence-electron chi connectivity index (χ3n) is 2.04. The van der Waals surface area contributed by atoms with Crippen LogP contribution in [-0.2, 0) is 7.05 Å². The van der Waals surface area contributed by atoms with E-state index in [1.807, 2.05) is 24.0 Å². The first kappa shape index (κ1) is 10.1. The zero-order chi connectivity index (χ0) is 9.84. The van der Waals surface area contributed by atoms with Gasteiger partial charge < -0.3 is 5.32 Å². The van der Waals surface area contributed by atoms with Crippen molar-refractivity contribution >= 4 is 5.82 Å². The summed E-state index contributed by atoms with van der Waals surface area (Å²) in [7, 11) is 1.95. The highest BCUT2D eigenvalue weighted by Crippen LogP contribution is 2.11. The fourth-order valence-corrected chi connectivity index (χ4v) is 1.53. The van der Waals surface area contributed by atoms with Gasteiger partial charge in [0.15, 0.2) is 0 Å². The van der Waals surface area contributed by atoms with Gasteiger partial charge in [0, 0.05) is 19.2 Å². The highest BCUT2D eigenvalue weighted by atomic mass is 15.3. The number of nitrogens with one attached hydrogen (secondary N) is 1. The number of nitrogens with zero attached hydrogens (tertiary/aromatic N) is 2. The van der Waals surface area contributed by atoms with Gasteiger partial charge in [-0.3, -0.25) is 4.68 Å². The quantitative estimate of drug-likeness (QED) is 0.772. The highest BCUT2D eigenvalue weighted by Gasteiger charge is 2.06. The first-order chi connectivity index (χ1) is 6.09. The molecule has 0 fully saturated rings. The maximum atomic E-state index is 4.10. The number of aromatic nitrogens is 2. The minimum absolute atomic E-state index is 0.510. The second kappa shape index (κ2) is 4.30. The number of hydrogen-bond acceptors (Lipinski definition) is 2. The molecule has 0 saturated carbocycles. The molecule has 0 aliphatic rings. The van der Waals surface area contributed by atoms with Crippen LogP contribution in [0.1, 0.15) is 27.2 Å². The van der Waals surface area contributed by atoms with Crippen LogP contribution in [0, 0.1) is 5.92 Å². The van der Waals surface area contributed by atoms with Gasteiger partial charge in [0.25, 0.3) is 0 Å². The summed E-state index contributed by atoms with van der Waals surface area (Å²) in [6, 6.07) is 2.51.